The standard InChI is InChI=1S/C64H127NO5/c1-3-5-7-9-11-13-15-17-19-20-22-25-29-32-36-40-44-48-52-56-62(67)61(60-66)65-63(68)57-53-49-45-41-37-33-30-26-23-21-24-27-31-35-39-43-47-51-55-59-70-64(69)58-54-50-46-42-38-34-28-18-16-14-12-10-8-6-4-2/h61-62,66-67H,3-60H2,1-2H3,(H,65,68). The largest absolute Gasteiger partial charge is 0.466 e. The van der Waals surface area contributed by atoms with Crippen LogP contribution < -0.4 is 5.32 Å². The lowest BCUT2D eigenvalue weighted by Crippen LogP contribution is -2.45. The van der Waals surface area contributed by atoms with Gasteiger partial charge in [0.05, 0.1) is 25.4 Å². The molecule has 6 nitrogen and oxygen atoms in total. The summed E-state index contributed by atoms with van der Waals surface area (Å²) in [7, 11) is 0. The van der Waals surface area contributed by atoms with Gasteiger partial charge >= 0.3 is 5.97 Å². The first-order chi connectivity index (χ1) is 34.5. The van der Waals surface area contributed by atoms with E-state index in [0.717, 1.165) is 38.5 Å². The first-order valence-electron chi connectivity index (χ1n) is 32.3. The van der Waals surface area contributed by atoms with Crippen LogP contribution in [0.5, 0.6) is 0 Å². The van der Waals surface area contributed by atoms with Crippen LogP contribution in [0.2, 0.25) is 0 Å². The van der Waals surface area contributed by atoms with Gasteiger partial charge < -0.3 is 20.3 Å². The molecule has 0 bridgehead atoms. The zero-order valence-electron chi connectivity index (χ0n) is 47.8. The third-order valence-electron chi connectivity index (χ3n) is 15.4. The topological polar surface area (TPSA) is 95.9 Å². The van der Waals surface area contributed by atoms with Crippen molar-refractivity contribution in [2.24, 2.45) is 0 Å². The van der Waals surface area contributed by atoms with Crippen molar-refractivity contribution in [3.63, 3.8) is 0 Å². The van der Waals surface area contributed by atoms with Crippen LogP contribution in [0.1, 0.15) is 373 Å². The van der Waals surface area contributed by atoms with Gasteiger partial charge in [0.2, 0.25) is 5.91 Å². The minimum atomic E-state index is -0.666. The highest BCUT2D eigenvalue weighted by Crippen LogP contribution is 2.19. The number of aliphatic hydroxyl groups is 2. The quantitative estimate of drug-likeness (QED) is 0.0417. The van der Waals surface area contributed by atoms with Gasteiger partial charge in [-0.15, -0.1) is 0 Å². The van der Waals surface area contributed by atoms with Crippen molar-refractivity contribution in [2.45, 2.75) is 386 Å². The number of ether oxygens (including phenoxy) is 1. The van der Waals surface area contributed by atoms with Gasteiger partial charge in [0.15, 0.2) is 0 Å². The number of aliphatic hydroxyl groups excluding tert-OH is 2. The SMILES string of the molecule is CCCCCCCCCCCCCCCCCCCCCC(O)C(CO)NC(=O)CCCCCCCCCCCCCCCCCCCCCOC(=O)CCCCCCCCCCCCCCCCC. The number of hydrogen-bond donors (Lipinski definition) is 3. The molecule has 0 aliphatic heterocycles. The Labute approximate surface area is 438 Å². The predicted octanol–water partition coefficient (Wildman–Crippen LogP) is 20.3. The van der Waals surface area contributed by atoms with Crippen LogP contribution in [-0.4, -0.2) is 47.4 Å². The van der Waals surface area contributed by atoms with Gasteiger partial charge in [0.1, 0.15) is 0 Å². The highest BCUT2D eigenvalue weighted by atomic mass is 16.5. The number of carbonyl (C=O) groups excluding carboxylic acids is 2. The number of nitrogens with one attached hydrogen (secondary N) is 1. The van der Waals surface area contributed by atoms with E-state index in [1.807, 2.05) is 0 Å². The summed E-state index contributed by atoms with van der Waals surface area (Å²) in [5, 5.41) is 23.4. The van der Waals surface area contributed by atoms with Gasteiger partial charge in [-0.3, -0.25) is 9.59 Å². The maximum absolute atomic E-state index is 12.5. The van der Waals surface area contributed by atoms with E-state index in [4.69, 9.17) is 4.74 Å². The molecule has 0 aliphatic carbocycles. The zero-order chi connectivity index (χ0) is 50.7. The second kappa shape index (κ2) is 60.4. The molecular formula is C64H127NO5. The lowest BCUT2D eigenvalue weighted by atomic mass is 10.0. The fourth-order valence-corrected chi connectivity index (χ4v) is 10.5. The van der Waals surface area contributed by atoms with E-state index in [-0.39, 0.29) is 18.5 Å². The Morgan fingerprint density at radius 1 is 0.343 bits per heavy atom. The predicted molar refractivity (Wildman–Crippen MR) is 306 cm³/mol. The average molecular weight is 991 g/mol. The molecule has 0 saturated heterocycles. The molecule has 1 amide bonds. The highest BCUT2D eigenvalue weighted by Gasteiger charge is 2.20. The lowest BCUT2D eigenvalue weighted by Gasteiger charge is -2.22. The van der Waals surface area contributed by atoms with Crippen molar-refractivity contribution < 1.29 is 24.5 Å². The first kappa shape index (κ1) is 68.9. The molecule has 0 spiro atoms. The lowest BCUT2D eigenvalue weighted by molar-refractivity contribution is -0.143. The molecule has 0 radical (unpaired) electrons. The highest BCUT2D eigenvalue weighted by molar-refractivity contribution is 5.76. The first-order valence-corrected chi connectivity index (χ1v) is 32.3. The van der Waals surface area contributed by atoms with E-state index in [2.05, 4.69) is 19.2 Å². The molecule has 0 aromatic rings. The summed E-state index contributed by atoms with van der Waals surface area (Å²) in [4.78, 5) is 24.6. The van der Waals surface area contributed by atoms with E-state index in [9.17, 15) is 19.8 Å². The fraction of sp³-hybridized carbons (Fsp3) is 0.969. The van der Waals surface area contributed by atoms with E-state index in [0.29, 0.717) is 25.9 Å². The molecule has 0 aliphatic rings. The number of amides is 1. The van der Waals surface area contributed by atoms with E-state index < -0.39 is 12.1 Å². The third kappa shape index (κ3) is 56.2. The normalized spacial score (nSPS) is 12.5. The number of rotatable bonds is 61. The Morgan fingerprint density at radius 2 is 0.586 bits per heavy atom. The molecule has 0 fully saturated rings. The van der Waals surface area contributed by atoms with Crippen molar-refractivity contribution >= 4 is 11.9 Å². The Balaban J connectivity index is 3.38. The van der Waals surface area contributed by atoms with Crippen molar-refractivity contribution in [3.8, 4) is 0 Å². The van der Waals surface area contributed by atoms with Crippen LogP contribution in [-0.2, 0) is 14.3 Å². The number of esters is 1. The molecule has 6 heteroatoms. The van der Waals surface area contributed by atoms with Crippen LogP contribution in [0.3, 0.4) is 0 Å². The second-order valence-corrected chi connectivity index (χ2v) is 22.5. The third-order valence-corrected chi connectivity index (χ3v) is 15.4. The van der Waals surface area contributed by atoms with Gasteiger partial charge in [-0.1, -0.05) is 335 Å². The van der Waals surface area contributed by atoms with Crippen LogP contribution in [0, 0.1) is 0 Å². The molecule has 0 aromatic carbocycles. The van der Waals surface area contributed by atoms with E-state index >= 15 is 0 Å². The zero-order valence-corrected chi connectivity index (χ0v) is 47.8. The molecule has 2 unspecified atom stereocenters. The van der Waals surface area contributed by atoms with Gasteiger partial charge in [0, 0.05) is 12.8 Å². The van der Waals surface area contributed by atoms with Crippen LogP contribution in [0.15, 0.2) is 0 Å². The summed E-state index contributed by atoms with van der Waals surface area (Å²) in [6.45, 7) is 4.99. The maximum atomic E-state index is 12.5. The van der Waals surface area contributed by atoms with E-state index in [1.165, 1.54) is 302 Å². The van der Waals surface area contributed by atoms with Crippen molar-refractivity contribution in [1.29, 1.82) is 0 Å². The average Bonchev–Trinajstić information content (AvgIpc) is 3.36. The Kier molecular flexibility index (Phi) is 59.4. The molecule has 2 atom stereocenters. The van der Waals surface area contributed by atoms with Gasteiger partial charge in [-0.2, -0.15) is 0 Å². The molecule has 70 heavy (non-hydrogen) atoms. The molecule has 0 aromatic heterocycles. The van der Waals surface area contributed by atoms with Gasteiger partial charge in [-0.05, 0) is 25.7 Å². The molecule has 3 N–H and O–H groups in total. The van der Waals surface area contributed by atoms with Crippen LogP contribution in [0.25, 0.3) is 0 Å². The van der Waals surface area contributed by atoms with Crippen molar-refractivity contribution in [2.75, 3.05) is 13.2 Å². The molecule has 0 heterocycles. The monoisotopic (exact) mass is 990 g/mol. The minimum Gasteiger partial charge on any atom is -0.466 e. The van der Waals surface area contributed by atoms with Gasteiger partial charge in [-0.25, -0.2) is 0 Å². The summed E-state index contributed by atoms with van der Waals surface area (Å²) >= 11 is 0. The summed E-state index contributed by atoms with van der Waals surface area (Å²) in [6.07, 6.45) is 71.1. The van der Waals surface area contributed by atoms with Crippen molar-refractivity contribution in [1.82, 2.24) is 5.32 Å². The molecular weight excluding hydrogens is 863 g/mol. The van der Waals surface area contributed by atoms with Gasteiger partial charge in [0.25, 0.3) is 0 Å². The Morgan fingerprint density at radius 3 is 0.871 bits per heavy atom. The number of hydrogen-bond acceptors (Lipinski definition) is 5. The second-order valence-electron chi connectivity index (χ2n) is 22.5. The van der Waals surface area contributed by atoms with Crippen LogP contribution >= 0.6 is 0 Å². The molecule has 418 valence electrons. The Bertz CT molecular complexity index is 1010. The summed E-state index contributed by atoms with van der Waals surface area (Å²) in [5.74, 6) is -0.0199. The summed E-state index contributed by atoms with van der Waals surface area (Å²) in [6, 6.07) is -0.543. The molecule has 0 saturated carbocycles. The Hall–Kier alpha value is -1.14. The van der Waals surface area contributed by atoms with Crippen molar-refractivity contribution in [3.05, 3.63) is 0 Å². The fourth-order valence-electron chi connectivity index (χ4n) is 10.5. The number of carbonyl (C=O) groups is 2. The minimum absolute atomic E-state index is 0.0133. The maximum Gasteiger partial charge on any atom is 0.305 e. The summed E-state index contributed by atoms with van der Waals surface area (Å²) in [5.41, 5.74) is 0. The smallest absolute Gasteiger partial charge is 0.305 e. The van der Waals surface area contributed by atoms with Crippen LogP contribution in [0.4, 0.5) is 0 Å². The van der Waals surface area contributed by atoms with E-state index in [1.54, 1.807) is 0 Å². The number of unbranched alkanes of at least 4 members (excludes halogenated alkanes) is 50. The summed E-state index contributed by atoms with van der Waals surface area (Å²) < 4.78 is 5.49. The molecule has 0 rings (SSSR count).